The number of anilines is 3. The topological polar surface area (TPSA) is 16.4 Å². The molecule has 0 unspecified atom stereocenters. The highest BCUT2D eigenvalue weighted by molar-refractivity contribution is 6.15. The average Bonchev–Trinajstić information content (AvgIpc) is 3.66. The van der Waals surface area contributed by atoms with Gasteiger partial charge in [-0.3, -0.25) is 0 Å². The number of hydrogen-bond acceptors (Lipinski definition) is 2. The van der Waals surface area contributed by atoms with Crippen LogP contribution in [0.5, 0.6) is 0 Å². The lowest BCUT2D eigenvalue weighted by Crippen LogP contribution is -2.11. The molecular formula is C54H35NO. The van der Waals surface area contributed by atoms with Crippen LogP contribution in [0, 0.1) is 0 Å². The summed E-state index contributed by atoms with van der Waals surface area (Å²) in [6.07, 6.45) is 0. The number of fused-ring (bicyclic) bond motifs is 7. The molecule has 0 bridgehead atoms. The number of nitrogens with zero attached hydrogens (tertiary/aromatic N) is 1. The van der Waals surface area contributed by atoms with Gasteiger partial charge >= 0.3 is 0 Å². The van der Waals surface area contributed by atoms with Crippen molar-refractivity contribution in [3.63, 3.8) is 0 Å². The molecule has 11 aromatic rings. The Morgan fingerprint density at radius 3 is 1.84 bits per heavy atom. The van der Waals surface area contributed by atoms with Crippen LogP contribution in [0.3, 0.4) is 0 Å². The number of hydrogen-bond donors (Lipinski definition) is 0. The predicted octanol–water partition coefficient (Wildman–Crippen LogP) is 15.5. The van der Waals surface area contributed by atoms with Crippen LogP contribution in [0.4, 0.5) is 17.1 Å². The van der Waals surface area contributed by atoms with Gasteiger partial charge in [-0.1, -0.05) is 170 Å². The maximum Gasteiger partial charge on any atom is 0.137 e. The largest absolute Gasteiger partial charge is 0.456 e. The van der Waals surface area contributed by atoms with E-state index in [2.05, 4.69) is 211 Å². The Kier molecular flexibility index (Phi) is 7.53. The van der Waals surface area contributed by atoms with E-state index in [1.54, 1.807) is 0 Å². The van der Waals surface area contributed by atoms with Crippen LogP contribution in [0.15, 0.2) is 217 Å². The molecule has 2 nitrogen and oxygen atoms in total. The third kappa shape index (κ3) is 5.34. The lowest BCUT2D eigenvalue weighted by Gasteiger charge is -2.29. The van der Waals surface area contributed by atoms with Crippen molar-refractivity contribution in [2.45, 2.75) is 0 Å². The minimum atomic E-state index is 0.864. The highest BCUT2D eigenvalue weighted by atomic mass is 16.3. The first-order valence-electron chi connectivity index (χ1n) is 19.2. The van der Waals surface area contributed by atoms with E-state index < -0.39 is 0 Å². The Labute approximate surface area is 325 Å². The van der Waals surface area contributed by atoms with Crippen molar-refractivity contribution in [2.24, 2.45) is 0 Å². The molecule has 0 spiro atoms. The molecule has 0 amide bonds. The molecule has 0 aliphatic rings. The number of furan rings is 1. The summed E-state index contributed by atoms with van der Waals surface area (Å²) < 4.78 is 6.46. The van der Waals surface area contributed by atoms with E-state index in [0.717, 1.165) is 55.7 Å². The minimum Gasteiger partial charge on any atom is -0.456 e. The van der Waals surface area contributed by atoms with E-state index >= 15 is 0 Å². The molecule has 0 fully saturated rings. The van der Waals surface area contributed by atoms with E-state index in [-0.39, 0.29) is 0 Å². The summed E-state index contributed by atoms with van der Waals surface area (Å²) in [5.74, 6) is 0. The van der Waals surface area contributed by atoms with Gasteiger partial charge in [0.05, 0.1) is 16.8 Å². The smallest absolute Gasteiger partial charge is 0.137 e. The van der Waals surface area contributed by atoms with Gasteiger partial charge in [0, 0.05) is 16.6 Å². The first kappa shape index (κ1) is 32.0. The molecule has 56 heavy (non-hydrogen) atoms. The normalized spacial score (nSPS) is 11.6. The van der Waals surface area contributed by atoms with Gasteiger partial charge in [-0.05, 0) is 103 Å². The fraction of sp³-hybridized carbons (Fsp3) is 0. The van der Waals surface area contributed by atoms with Crippen molar-refractivity contribution in [1.29, 1.82) is 0 Å². The van der Waals surface area contributed by atoms with Crippen LogP contribution in [0.2, 0.25) is 0 Å². The minimum absolute atomic E-state index is 0.864. The maximum absolute atomic E-state index is 6.46. The quantitative estimate of drug-likeness (QED) is 0.160. The van der Waals surface area contributed by atoms with Gasteiger partial charge in [-0.25, -0.2) is 0 Å². The van der Waals surface area contributed by atoms with Crippen LogP contribution in [0.25, 0.3) is 87.6 Å². The zero-order valence-corrected chi connectivity index (χ0v) is 30.6. The summed E-state index contributed by atoms with van der Waals surface area (Å²) in [6.45, 7) is 0. The van der Waals surface area contributed by atoms with Gasteiger partial charge in [-0.15, -0.1) is 0 Å². The first-order valence-corrected chi connectivity index (χ1v) is 19.2. The number of benzene rings is 10. The molecule has 0 radical (unpaired) electrons. The first-order chi connectivity index (χ1) is 27.8. The second kappa shape index (κ2) is 13.2. The molecule has 10 aromatic carbocycles. The summed E-state index contributed by atoms with van der Waals surface area (Å²) in [6, 6.07) is 76.6. The second-order valence-corrected chi connectivity index (χ2v) is 14.5. The van der Waals surface area contributed by atoms with Gasteiger partial charge in [0.25, 0.3) is 0 Å². The Morgan fingerprint density at radius 1 is 0.304 bits per heavy atom. The molecule has 1 heterocycles. The van der Waals surface area contributed by atoms with Crippen LogP contribution in [-0.4, -0.2) is 0 Å². The van der Waals surface area contributed by atoms with Gasteiger partial charge in [0.15, 0.2) is 0 Å². The summed E-state index contributed by atoms with van der Waals surface area (Å²) in [5.41, 5.74) is 12.0. The van der Waals surface area contributed by atoms with E-state index in [1.165, 1.54) is 49.0 Å². The third-order valence-corrected chi connectivity index (χ3v) is 11.2. The molecule has 262 valence electrons. The van der Waals surface area contributed by atoms with Crippen molar-refractivity contribution in [3.8, 4) is 33.4 Å². The van der Waals surface area contributed by atoms with Crippen LogP contribution >= 0.6 is 0 Å². The van der Waals surface area contributed by atoms with E-state index in [0.29, 0.717) is 0 Å². The molecule has 0 saturated carbocycles. The summed E-state index contributed by atoms with van der Waals surface area (Å²) >= 11 is 0. The fourth-order valence-corrected chi connectivity index (χ4v) is 8.58. The van der Waals surface area contributed by atoms with Gasteiger partial charge in [0.2, 0.25) is 0 Å². The van der Waals surface area contributed by atoms with Crippen LogP contribution in [0.1, 0.15) is 0 Å². The highest BCUT2D eigenvalue weighted by Crippen LogP contribution is 2.47. The molecule has 2 heteroatoms. The molecule has 11 rings (SSSR count). The van der Waals surface area contributed by atoms with E-state index in [1.807, 2.05) is 6.07 Å². The monoisotopic (exact) mass is 713 g/mol. The van der Waals surface area contributed by atoms with Crippen molar-refractivity contribution < 1.29 is 4.42 Å². The molecule has 0 atom stereocenters. The van der Waals surface area contributed by atoms with Crippen LogP contribution < -0.4 is 4.90 Å². The third-order valence-electron chi connectivity index (χ3n) is 11.2. The summed E-state index contributed by atoms with van der Waals surface area (Å²) in [5, 5.41) is 9.70. The maximum atomic E-state index is 6.46. The predicted molar refractivity (Wildman–Crippen MR) is 237 cm³/mol. The Balaban J connectivity index is 1.10. The lowest BCUT2D eigenvalue weighted by molar-refractivity contribution is 0.669. The standard InChI is InChI=1S/C54H35NO/c1-2-14-40-34-41(31-28-36(40)12-1)37-26-29-39(30-27-37)46-18-5-7-22-50(46)55(51-23-11-25-53-54(51)49-19-6-8-24-52(49)56-53)43-16-9-15-42(35-43)45-20-10-21-47-44-17-4-3-13-38(44)32-33-48(45)47/h1-35H. The number of para-hydroxylation sites is 2. The second-order valence-electron chi connectivity index (χ2n) is 14.5. The van der Waals surface area contributed by atoms with Crippen molar-refractivity contribution in [3.05, 3.63) is 212 Å². The molecule has 0 N–H and O–H groups in total. The highest BCUT2D eigenvalue weighted by Gasteiger charge is 2.22. The zero-order valence-electron chi connectivity index (χ0n) is 30.6. The van der Waals surface area contributed by atoms with Crippen molar-refractivity contribution in [2.75, 3.05) is 4.90 Å². The number of rotatable bonds is 6. The van der Waals surface area contributed by atoms with Gasteiger partial charge < -0.3 is 9.32 Å². The van der Waals surface area contributed by atoms with Gasteiger partial charge in [-0.2, -0.15) is 0 Å². The molecular weight excluding hydrogens is 679 g/mol. The molecule has 1 aromatic heterocycles. The molecule has 0 aliphatic carbocycles. The fourth-order valence-electron chi connectivity index (χ4n) is 8.58. The summed E-state index contributed by atoms with van der Waals surface area (Å²) in [4.78, 5) is 2.42. The van der Waals surface area contributed by atoms with E-state index in [9.17, 15) is 0 Å². The summed E-state index contributed by atoms with van der Waals surface area (Å²) in [7, 11) is 0. The molecule has 0 aliphatic heterocycles. The Hall–Kier alpha value is -7.42. The van der Waals surface area contributed by atoms with Crippen molar-refractivity contribution >= 4 is 71.3 Å². The average molecular weight is 714 g/mol. The van der Waals surface area contributed by atoms with Gasteiger partial charge in [0.1, 0.15) is 11.2 Å². The van der Waals surface area contributed by atoms with Crippen LogP contribution in [-0.2, 0) is 0 Å². The Bertz CT molecular complexity index is 3260. The molecule has 0 saturated heterocycles. The van der Waals surface area contributed by atoms with E-state index in [4.69, 9.17) is 4.42 Å². The van der Waals surface area contributed by atoms with Crippen molar-refractivity contribution in [1.82, 2.24) is 0 Å². The SMILES string of the molecule is c1cc(-c2cccc3c2ccc2ccccc23)cc(N(c2ccccc2-c2ccc(-c3ccc4ccccc4c3)cc2)c2cccc3oc4ccccc4c23)c1. The Morgan fingerprint density at radius 2 is 0.929 bits per heavy atom. The zero-order chi connectivity index (χ0) is 37.0. The lowest BCUT2D eigenvalue weighted by atomic mass is 9.94.